The van der Waals surface area contributed by atoms with E-state index in [1.807, 2.05) is 30.3 Å². The predicted octanol–water partition coefficient (Wildman–Crippen LogP) is 1.83. The van der Waals surface area contributed by atoms with Crippen LogP contribution in [-0.4, -0.2) is 21.9 Å². The summed E-state index contributed by atoms with van der Waals surface area (Å²) in [6.07, 6.45) is 3.00. The van der Waals surface area contributed by atoms with Crippen LogP contribution in [0.2, 0.25) is 0 Å². The maximum atomic E-state index is 11.7. The number of ether oxygens (including phenoxy) is 2. The number of carbonyl (C=O) groups is 2. The number of carbonyl (C=O) groups excluding carboxylic acids is 2. The predicted molar refractivity (Wildman–Crippen MR) is 77.4 cm³/mol. The number of aromatic nitrogens is 2. The van der Waals surface area contributed by atoms with Crippen molar-refractivity contribution in [3.05, 3.63) is 59.7 Å². The Morgan fingerprint density at radius 2 is 1.64 bits per heavy atom. The van der Waals surface area contributed by atoms with E-state index in [1.165, 1.54) is 19.3 Å². The van der Waals surface area contributed by atoms with Crippen LogP contribution in [0.5, 0.6) is 0 Å². The van der Waals surface area contributed by atoms with Gasteiger partial charge in [0.1, 0.15) is 13.2 Å². The monoisotopic (exact) mass is 300 g/mol. The molecule has 0 N–H and O–H groups in total. The lowest BCUT2D eigenvalue weighted by Gasteiger charge is -2.05. The first-order valence-corrected chi connectivity index (χ1v) is 6.76. The minimum atomic E-state index is -0.379. The maximum Gasteiger partial charge on any atom is 0.312 e. The molecule has 0 amide bonds. The molecule has 2 rings (SSSR count). The Morgan fingerprint density at radius 3 is 2.27 bits per heavy atom. The largest absolute Gasteiger partial charge is 0.461 e. The third kappa shape index (κ3) is 5.32. The van der Waals surface area contributed by atoms with Gasteiger partial charge in [-0.15, -0.1) is 0 Å². The lowest BCUT2D eigenvalue weighted by Crippen LogP contribution is -2.10. The summed E-state index contributed by atoms with van der Waals surface area (Å²) in [6.45, 7) is 1.63. The fourth-order valence-electron chi connectivity index (χ4n) is 1.66. The van der Waals surface area contributed by atoms with E-state index in [4.69, 9.17) is 9.47 Å². The third-order valence-corrected chi connectivity index (χ3v) is 2.75. The second-order valence-corrected chi connectivity index (χ2v) is 4.60. The summed E-state index contributed by atoms with van der Waals surface area (Å²) in [5.41, 5.74) is 1.96. The normalized spacial score (nSPS) is 10.0. The molecule has 1 heterocycles. The minimum Gasteiger partial charge on any atom is -0.461 e. The molecule has 1 aromatic heterocycles. The Balaban J connectivity index is 1.80. The van der Waals surface area contributed by atoms with Gasteiger partial charge in [0, 0.05) is 13.1 Å². The van der Waals surface area contributed by atoms with Crippen LogP contribution >= 0.6 is 0 Å². The molecule has 0 aliphatic heterocycles. The van der Waals surface area contributed by atoms with Crippen LogP contribution in [0.3, 0.4) is 0 Å². The summed E-state index contributed by atoms with van der Waals surface area (Å²) in [4.78, 5) is 30.6. The molecular formula is C16H16N2O4. The van der Waals surface area contributed by atoms with Gasteiger partial charge in [0.15, 0.2) is 0 Å². The zero-order chi connectivity index (χ0) is 15.8. The smallest absolute Gasteiger partial charge is 0.312 e. The Hall–Kier alpha value is -2.76. The van der Waals surface area contributed by atoms with Crippen molar-refractivity contribution in [2.75, 3.05) is 0 Å². The summed E-state index contributed by atoms with van der Waals surface area (Å²) in [7, 11) is 0. The van der Waals surface area contributed by atoms with E-state index in [0.29, 0.717) is 11.4 Å². The van der Waals surface area contributed by atoms with Crippen molar-refractivity contribution >= 4 is 11.9 Å². The number of rotatable bonds is 6. The molecule has 0 spiro atoms. The lowest BCUT2D eigenvalue weighted by molar-refractivity contribution is -0.144. The van der Waals surface area contributed by atoms with Crippen molar-refractivity contribution in [1.82, 2.24) is 9.97 Å². The number of esters is 2. The summed E-state index contributed by atoms with van der Waals surface area (Å²) in [5.74, 6) is -0.749. The quantitative estimate of drug-likeness (QED) is 0.757. The van der Waals surface area contributed by atoms with Crippen LogP contribution in [0.1, 0.15) is 23.9 Å². The fourth-order valence-corrected chi connectivity index (χ4v) is 1.66. The molecular weight excluding hydrogens is 284 g/mol. The van der Waals surface area contributed by atoms with Crippen LogP contribution < -0.4 is 0 Å². The standard InChI is InChI=1S/C16H16N2O4/c1-12(19)21-11-15-9-17-14(8-18-15)7-16(20)22-10-13-5-3-2-4-6-13/h2-6,8-9H,7,10-11H2,1H3. The molecule has 2 aromatic rings. The Kier molecular flexibility index (Phi) is 5.59. The molecule has 0 fully saturated rings. The first-order chi connectivity index (χ1) is 10.6. The molecule has 0 bridgehead atoms. The summed E-state index contributed by atoms with van der Waals surface area (Å²) in [5, 5.41) is 0. The topological polar surface area (TPSA) is 78.4 Å². The average molecular weight is 300 g/mol. The van der Waals surface area contributed by atoms with Gasteiger partial charge in [-0.3, -0.25) is 19.6 Å². The van der Waals surface area contributed by atoms with E-state index >= 15 is 0 Å². The highest BCUT2D eigenvalue weighted by Gasteiger charge is 2.07. The van der Waals surface area contributed by atoms with E-state index in [-0.39, 0.29) is 31.6 Å². The van der Waals surface area contributed by atoms with Crippen LogP contribution in [0.4, 0.5) is 0 Å². The van der Waals surface area contributed by atoms with Gasteiger partial charge in [-0.05, 0) is 5.56 Å². The molecule has 114 valence electrons. The van der Waals surface area contributed by atoms with E-state index < -0.39 is 0 Å². The third-order valence-electron chi connectivity index (χ3n) is 2.75. The van der Waals surface area contributed by atoms with Gasteiger partial charge in [-0.1, -0.05) is 30.3 Å². The summed E-state index contributed by atoms with van der Waals surface area (Å²) < 4.78 is 9.97. The maximum absolute atomic E-state index is 11.7. The highest BCUT2D eigenvalue weighted by atomic mass is 16.5. The van der Waals surface area contributed by atoms with Gasteiger partial charge in [-0.25, -0.2) is 0 Å². The molecule has 0 aliphatic carbocycles. The first kappa shape index (κ1) is 15.6. The second-order valence-electron chi connectivity index (χ2n) is 4.60. The Bertz CT molecular complexity index is 626. The van der Waals surface area contributed by atoms with Crippen molar-refractivity contribution in [1.29, 1.82) is 0 Å². The number of hydrogen-bond acceptors (Lipinski definition) is 6. The highest BCUT2D eigenvalue weighted by Crippen LogP contribution is 2.04. The van der Waals surface area contributed by atoms with E-state index in [2.05, 4.69) is 9.97 Å². The van der Waals surface area contributed by atoms with Crippen molar-refractivity contribution < 1.29 is 19.1 Å². The van der Waals surface area contributed by atoms with Crippen LogP contribution in [-0.2, 0) is 38.7 Å². The summed E-state index contributed by atoms with van der Waals surface area (Å²) >= 11 is 0. The lowest BCUT2D eigenvalue weighted by atomic mass is 10.2. The van der Waals surface area contributed by atoms with Crippen molar-refractivity contribution in [2.24, 2.45) is 0 Å². The second kappa shape index (κ2) is 7.87. The van der Waals surface area contributed by atoms with Gasteiger partial charge in [-0.2, -0.15) is 0 Å². The van der Waals surface area contributed by atoms with Crippen molar-refractivity contribution in [3.63, 3.8) is 0 Å². The Morgan fingerprint density at radius 1 is 0.955 bits per heavy atom. The summed E-state index contributed by atoms with van der Waals surface area (Å²) in [6, 6.07) is 9.44. The van der Waals surface area contributed by atoms with Gasteiger partial charge in [0.05, 0.1) is 24.0 Å². The molecule has 1 aromatic carbocycles. The molecule has 6 nitrogen and oxygen atoms in total. The van der Waals surface area contributed by atoms with E-state index in [0.717, 1.165) is 5.56 Å². The van der Waals surface area contributed by atoms with Crippen molar-refractivity contribution in [2.45, 2.75) is 26.6 Å². The SMILES string of the molecule is CC(=O)OCc1cnc(CC(=O)OCc2ccccc2)cn1. The molecule has 0 saturated heterocycles. The molecule has 0 unspecified atom stereocenters. The molecule has 0 aliphatic rings. The molecule has 22 heavy (non-hydrogen) atoms. The molecule has 0 radical (unpaired) electrons. The van der Waals surface area contributed by atoms with Gasteiger partial charge < -0.3 is 9.47 Å². The number of nitrogens with zero attached hydrogens (tertiary/aromatic N) is 2. The minimum absolute atomic E-state index is 0.0493. The molecule has 6 heteroatoms. The number of benzene rings is 1. The number of hydrogen-bond donors (Lipinski definition) is 0. The van der Waals surface area contributed by atoms with E-state index in [1.54, 1.807) is 0 Å². The van der Waals surface area contributed by atoms with Crippen molar-refractivity contribution in [3.8, 4) is 0 Å². The van der Waals surface area contributed by atoms with Crippen LogP contribution in [0, 0.1) is 0 Å². The molecule has 0 saturated carbocycles. The zero-order valence-corrected chi connectivity index (χ0v) is 12.2. The van der Waals surface area contributed by atoms with Gasteiger partial charge in [0.2, 0.25) is 0 Å². The average Bonchev–Trinajstić information content (AvgIpc) is 2.53. The van der Waals surface area contributed by atoms with Crippen LogP contribution in [0.25, 0.3) is 0 Å². The first-order valence-electron chi connectivity index (χ1n) is 6.76. The van der Waals surface area contributed by atoms with E-state index in [9.17, 15) is 9.59 Å². The van der Waals surface area contributed by atoms with Crippen LogP contribution in [0.15, 0.2) is 42.7 Å². The Labute approximate surface area is 128 Å². The van der Waals surface area contributed by atoms with Gasteiger partial charge >= 0.3 is 11.9 Å². The fraction of sp³-hybridized carbons (Fsp3) is 0.250. The molecule has 0 atom stereocenters. The van der Waals surface area contributed by atoms with Gasteiger partial charge in [0.25, 0.3) is 0 Å². The zero-order valence-electron chi connectivity index (χ0n) is 12.2. The highest BCUT2D eigenvalue weighted by molar-refractivity contribution is 5.71.